The molecule has 1 aromatic heterocycles. The molecule has 0 bridgehead atoms. The highest BCUT2D eigenvalue weighted by Gasteiger charge is 2.48. The van der Waals surface area contributed by atoms with Crippen molar-refractivity contribution in [3.63, 3.8) is 0 Å². The van der Waals surface area contributed by atoms with E-state index in [-0.39, 0.29) is 46.7 Å². The molecule has 0 saturated heterocycles. The second-order valence-corrected chi connectivity index (χ2v) is 14.3. The summed E-state index contributed by atoms with van der Waals surface area (Å²) in [5.74, 6) is -3.61. The fourth-order valence-corrected chi connectivity index (χ4v) is 8.22. The van der Waals surface area contributed by atoms with Gasteiger partial charge in [-0.3, -0.25) is 0 Å². The summed E-state index contributed by atoms with van der Waals surface area (Å²) in [7, 11) is -15.6. The topological polar surface area (TPSA) is 185 Å². The van der Waals surface area contributed by atoms with Gasteiger partial charge in [-0.25, -0.2) is 30.2 Å². The van der Waals surface area contributed by atoms with Crippen molar-refractivity contribution < 1.29 is 57.5 Å². The molecule has 1 atom stereocenters. The van der Waals surface area contributed by atoms with Gasteiger partial charge in [-0.15, -0.1) is 11.3 Å². The van der Waals surface area contributed by atoms with Crippen molar-refractivity contribution in [3.05, 3.63) is 58.0 Å². The van der Waals surface area contributed by atoms with E-state index in [2.05, 4.69) is 14.5 Å². The molecule has 0 aliphatic carbocycles. The molecular weight excluding hydrogens is 634 g/mol. The number of alkyl halides is 3. The van der Waals surface area contributed by atoms with Crippen LogP contribution in [-0.4, -0.2) is 46.7 Å². The number of rotatable bonds is 11. The first kappa shape index (κ1) is 31.5. The zero-order chi connectivity index (χ0) is 30.1. The van der Waals surface area contributed by atoms with Gasteiger partial charge in [-0.05, 0) is 36.2 Å². The quantitative estimate of drug-likeness (QED) is 0.0727. The molecule has 0 aliphatic heterocycles. The van der Waals surface area contributed by atoms with Gasteiger partial charge < -0.3 is 14.2 Å². The zero-order valence-electron chi connectivity index (χ0n) is 19.7. The highest BCUT2D eigenvalue weighted by Crippen LogP contribution is 2.44. The predicted octanol–water partition coefficient (Wildman–Crippen LogP) is 4.97. The van der Waals surface area contributed by atoms with Gasteiger partial charge >= 0.3 is 13.1 Å². The summed E-state index contributed by atoms with van der Waals surface area (Å²) >= 11 is 0.502. The van der Waals surface area contributed by atoms with Crippen molar-refractivity contribution in [2.75, 3.05) is 19.4 Å². The molecule has 0 amide bonds. The van der Waals surface area contributed by atoms with Crippen molar-refractivity contribution in [2.24, 2.45) is 5.11 Å². The Balaban J connectivity index is 1.79. The maximum Gasteiger partial charge on any atom is 0.502 e. The van der Waals surface area contributed by atoms with Crippen LogP contribution in [0.4, 0.5) is 22.0 Å². The smallest absolute Gasteiger partial charge is 0.493 e. The van der Waals surface area contributed by atoms with Crippen LogP contribution in [0.2, 0.25) is 0 Å². The lowest BCUT2D eigenvalue weighted by molar-refractivity contribution is -0.0437. The number of nitrogens with zero attached hydrogens (tertiary/aromatic N) is 3. The van der Waals surface area contributed by atoms with Gasteiger partial charge in [-0.2, -0.15) is 17.9 Å². The van der Waals surface area contributed by atoms with Crippen LogP contribution in [-0.2, 0) is 24.4 Å². The summed E-state index contributed by atoms with van der Waals surface area (Å²) in [4.78, 5) is 10.8. The van der Waals surface area contributed by atoms with Crippen LogP contribution in [0.1, 0.15) is 5.56 Å². The Morgan fingerprint density at radius 3 is 2.38 bits per heavy atom. The van der Waals surface area contributed by atoms with E-state index in [1.807, 2.05) is 0 Å². The van der Waals surface area contributed by atoms with Crippen molar-refractivity contribution in [1.82, 2.24) is 4.72 Å². The van der Waals surface area contributed by atoms with Gasteiger partial charge in [0.15, 0.2) is 0 Å². The van der Waals surface area contributed by atoms with Gasteiger partial charge in [0.1, 0.15) is 38.5 Å². The second kappa shape index (κ2) is 11.5. The van der Waals surface area contributed by atoms with Crippen LogP contribution in [0.15, 0.2) is 44.6 Å². The summed E-state index contributed by atoms with van der Waals surface area (Å²) in [5.41, 5.74) is 2.52. The third kappa shape index (κ3) is 6.83. The molecule has 12 nitrogen and oxygen atoms in total. The largest absolute Gasteiger partial charge is 0.502 e. The number of hydrogen-bond acceptors (Lipinski definition) is 9. The fraction of sp³-hybridized carbons (Fsp3) is 0.263. The number of nitrogens with one attached hydrogen (secondary N) is 1. The number of sulfone groups is 1. The number of azide groups is 1. The minimum absolute atomic E-state index is 0.0190. The van der Waals surface area contributed by atoms with Crippen LogP contribution < -0.4 is 14.0 Å². The summed E-state index contributed by atoms with van der Waals surface area (Å²) in [6, 6.07) is 3.09. The molecule has 1 unspecified atom stereocenters. The molecule has 3 rings (SSSR count). The first-order valence-electron chi connectivity index (χ1n) is 10.4. The number of fused-ring (bicyclic) bond motifs is 1. The Hall–Kier alpha value is -2.99. The Kier molecular flexibility index (Phi) is 9.05. The van der Waals surface area contributed by atoms with E-state index in [1.165, 1.54) is 13.0 Å². The van der Waals surface area contributed by atoms with Crippen molar-refractivity contribution in [3.8, 4) is 11.5 Å². The number of benzene rings is 2. The summed E-state index contributed by atoms with van der Waals surface area (Å²) < 4.78 is 139. The number of hydrogen-bond donors (Lipinski definition) is 2. The molecule has 0 radical (unpaired) electrons. The van der Waals surface area contributed by atoms with Crippen LogP contribution in [0.25, 0.3) is 20.5 Å². The Bertz CT molecular complexity index is 1770. The second-order valence-electron chi connectivity index (χ2n) is 7.68. The monoisotopic (exact) mass is 650 g/mol. The number of aryl methyl sites for hydroxylation is 1. The lowest BCUT2D eigenvalue weighted by Gasteiger charge is -2.15. The number of ether oxygens (including phenoxy) is 1. The van der Waals surface area contributed by atoms with E-state index < -0.39 is 65.7 Å². The third-order valence-corrected chi connectivity index (χ3v) is 11.0. The molecule has 0 saturated carbocycles. The molecule has 2 N–H and O–H groups in total. The Morgan fingerprint density at radius 2 is 1.77 bits per heavy atom. The molecular formula is C19H16F5N4O8PS3. The van der Waals surface area contributed by atoms with Gasteiger partial charge in [0, 0.05) is 22.4 Å². The highest BCUT2D eigenvalue weighted by atomic mass is 32.2. The van der Waals surface area contributed by atoms with E-state index in [1.54, 1.807) is 4.72 Å². The SMILES string of the molecule is Cc1c(S(=O)(=O)NCP(=O)(O)Oc2ccc(S(=O)(=O)C(F)(F)F)c(F)c2)sc2c(F)cc(OCCN=[N+]=[N-])cc12. The molecule has 0 aliphatic rings. The molecule has 3 aromatic rings. The Labute approximate surface area is 226 Å². The van der Waals surface area contributed by atoms with Crippen molar-refractivity contribution in [1.29, 1.82) is 0 Å². The molecule has 2 aromatic carbocycles. The minimum atomic E-state index is -6.06. The van der Waals surface area contributed by atoms with Crippen LogP contribution >= 0.6 is 18.9 Å². The lowest BCUT2D eigenvalue weighted by Crippen LogP contribution is -2.25. The van der Waals surface area contributed by atoms with E-state index in [9.17, 15) is 48.2 Å². The summed E-state index contributed by atoms with van der Waals surface area (Å²) in [6.45, 7) is 1.21. The minimum Gasteiger partial charge on any atom is -0.493 e. The summed E-state index contributed by atoms with van der Waals surface area (Å²) in [6.07, 6.45) is -1.30. The van der Waals surface area contributed by atoms with Gasteiger partial charge in [-0.1, -0.05) is 5.11 Å². The van der Waals surface area contributed by atoms with Crippen LogP contribution in [0.5, 0.6) is 11.5 Å². The van der Waals surface area contributed by atoms with E-state index in [4.69, 9.17) is 10.3 Å². The molecule has 0 fully saturated rings. The fourth-order valence-electron chi connectivity index (χ4n) is 3.13. The molecule has 40 heavy (non-hydrogen) atoms. The van der Waals surface area contributed by atoms with E-state index in [0.29, 0.717) is 17.4 Å². The van der Waals surface area contributed by atoms with E-state index in [0.717, 1.165) is 6.07 Å². The maximum atomic E-state index is 14.6. The average molecular weight is 651 g/mol. The normalized spacial score (nSPS) is 14.0. The highest BCUT2D eigenvalue weighted by molar-refractivity contribution is 7.92. The molecule has 218 valence electrons. The molecule has 1 heterocycles. The predicted molar refractivity (Wildman–Crippen MR) is 131 cm³/mol. The first-order valence-corrected chi connectivity index (χ1v) is 15.9. The number of sulfonamides is 1. The van der Waals surface area contributed by atoms with Crippen molar-refractivity contribution >= 4 is 48.9 Å². The molecule has 0 spiro atoms. The zero-order valence-corrected chi connectivity index (χ0v) is 23.1. The number of halogens is 5. The lowest BCUT2D eigenvalue weighted by atomic mass is 10.2. The van der Waals surface area contributed by atoms with Gasteiger partial charge in [0.05, 0.1) is 17.9 Å². The van der Waals surface area contributed by atoms with E-state index >= 15 is 0 Å². The van der Waals surface area contributed by atoms with Crippen LogP contribution in [0.3, 0.4) is 0 Å². The average Bonchev–Trinajstić information content (AvgIpc) is 3.17. The number of thiophene rings is 1. The maximum absolute atomic E-state index is 14.6. The Morgan fingerprint density at radius 1 is 1.12 bits per heavy atom. The third-order valence-electron chi connectivity index (χ3n) is 4.89. The van der Waals surface area contributed by atoms with Gasteiger partial charge in [0.2, 0.25) is 0 Å². The molecule has 21 heteroatoms. The van der Waals surface area contributed by atoms with Gasteiger partial charge in [0.25, 0.3) is 19.9 Å². The van der Waals surface area contributed by atoms with Crippen molar-refractivity contribution in [2.45, 2.75) is 21.5 Å². The standard InChI is InChI=1S/C19H16F5N4O8PS3/c1-10-13-6-12(35-5-4-26-28-25)8-15(21)17(13)38-18(10)40(33,34)27-9-37(29,30)36-11-2-3-16(14(20)7-11)39(31,32)19(22,23)24/h2-3,6-8,27H,4-5,9H2,1H3,(H,29,30). The first-order chi connectivity index (χ1) is 18.4. The van der Waals surface area contributed by atoms with Crippen LogP contribution in [0, 0.1) is 18.6 Å². The summed E-state index contributed by atoms with van der Waals surface area (Å²) in [5, 5.41) is 3.41.